The van der Waals surface area contributed by atoms with Gasteiger partial charge in [-0.2, -0.15) is 0 Å². The fraction of sp³-hybridized carbons (Fsp3) is 0.0714. The number of rotatable bonds is 3. The number of halogens is 2. The second-order valence-electron chi connectivity index (χ2n) is 3.92. The maximum atomic E-state index is 13.7. The molecule has 2 aromatic carbocycles. The normalized spacial score (nSPS) is 10.3. The Kier molecular flexibility index (Phi) is 3.71. The molecular formula is C14H11ClFNO2. The molecule has 3 nitrogen and oxygen atoms in total. The van der Waals surface area contributed by atoms with Crippen molar-refractivity contribution in [2.75, 3.05) is 12.8 Å². The fourth-order valence-electron chi connectivity index (χ4n) is 1.68. The average Bonchev–Trinajstić information content (AvgIpc) is 2.38. The van der Waals surface area contributed by atoms with E-state index in [0.717, 1.165) is 6.07 Å². The van der Waals surface area contributed by atoms with E-state index in [1.807, 2.05) is 0 Å². The first-order chi connectivity index (χ1) is 9.02. The van der Waals surface area contributed by atoms with Gasteiger partial charge in [0.05, 0.1) is 17.7 Å². The third-order valence-corrected chi connectivity index (χ3v) is 2.95. The minimum Gasteiger partial charge on any atom is -0.495 e. The molecule has 0 radical (unpaired) electrons. The molecule has 0 bridgehead atoms. The molecule has 0 aliphatic heterocycles. The summed E-state index contributed by atoms with van der Waals surface area (Å²) in [6.07, 6.45) is 0. The van der Waals surface area contributed by atoms with Gasteiger partial charge in [0.25, 0.3) is 0 Å². The van der Waals surface area contributed by atoms with Gasteiger partial charge >= 0.3 is 0 Å². The standard InChI is InChI=1S/C14H11ClFNO2/c1-19-13-5-2-8(6-11(13)15)14(18)10-4-3-9(17)7-12(10)16/h2-7H,17H2,1H3. The summed E-state index contributed by atoms with van der Waals surface area (Å²) in [4.78, 5) is 12.2. The molecule has 98 valence electrons. The molecule has 0 aliphatic rings. The molecule has 0 saturated heterocycles. The van der Waals surface area contributed by atoms with E-state index in [-0.39, 0.29) is 16.8 Å². The van der Waals surface area contributed by atoms with E-state index in [1.54, 1.807) is 6.07 Å². The van der Waals surface area contributed by atoms with Crippen LogP contribution in [0.4, 0.5) is 10.1 Å². The molecule has 2 aromatic rings. The lowest BCUT2D eigenvalue weighted by molar-refractivity contribution is 0.103. The van der Waals surface area contributed by atoms with Crippen LogP contribution in [0.1, 0.15) is 15.9 Å². The van der Waals surface area contributed by atoms with Crippen molar-refractivity contribution in [2.24, 2.45) is 0 Å². The van der Waals surface area contributed by atoms with Gasteiger partial charge in [0.15, 0.2) is 5.78 Å². The monoisotopic (exact) mass is 279 g/mol. The summed E-state index contributed by atoms with van der Waals surface area (Å²) in [7, 11) is 1.47. The Labute approximate surface area is 114 Å². The molecule has 0 unspecified atom stereocenters. The van der Waals surface area contributed by atoms with E-state index >= 15 is 0 Å². The Morgan fingerprint density at radius 3 is 2.58 bits per heavy atom. The second-order valence-corrected chi connectivity index (χ2v) is 4.32. The van der Waals surface area contributed by atoms with Gasteiger partial charge in [-0.05, 0) is 36.4 Å². The molecule has 0 heterocycles. The summed E-state index contributed by atoms with van der Waals surface area (Å²) in [5.74, 6) is -0.657. The number of carbonyl (C=O) groups is 1. The van der Waals surface area contributed by atoms with Gasteiger partial charge in [-0.25, -0.2) is 4.39 Å². The van der Waals surface area contributed by atoms with Crippen LogP contribution < -0.4 is 10.5 Å². The predicted molar refractivity (Wildman–Crippen MR) is 72.2 cm³/mol. The van der Waals surface area contributed by atoms with Crippen molar-refractivity contribution in [2.45, 2.75) is 0 Å². The Morgan fingerprint density at radius 2 is 2.00 bits per heavy atom. The number of ether oxygens (including phenoxy) is 1. The Morgan fingerprint density at radius 1 is 1.26 bits per heavy atom. The van der Waals surface area contributed by atoms with Crippen molar-refractivity contribution in [3.8, 4) is 5.75 Å². The van der Waals surface area contributed by atoms with Crippen molar-refractivity contribution >= 4 is 23.1 Å². The molecule has 0 saturated carbocycles. The van der Waals surface area contributed by atoms with Crippen molar-refractivity contribution in [1.29, 1.82) is 0 Å². The SMILES string of the molecule is COc1ccc(C(=O)c2ccc(N)cc2F)cc1Cl. The Hall–Kier alpha value is -2.07. The molecule has 0 aliphatic carbocycles. The van der Waals surface area contributed by atoms with Crippen molar-refractivity contribution < 1.29 is 13.9 Å². The summed E-state index contributed by atoms with van der Waals surface area (Å²) in [5, 5.41) is 0.296. The lowest BCUT2D eigenvalue weighted by atomic mass is 10.0. The molecule has 0 amide bonds. The molecule has 0 fully saturated rings. The number of nitrogen functional groups attached to an aromatic ring is 1. The highest BCUT2D eigenvalue weighted by molar-refractivity contribution is 6.32. The summed E-state index contributed by atoms with van der Waals surface area (Å²) in [6, 6.07) is 8.47. The lowest BCUT2D eigenvalue weighted by Crippen LogP contribution is -2.05. The minimum absolute atomic E-state index is 0.0459. The molecule has 0 aromatic heterocycles. The molecular weight excluding hydrogens is 269 g/mol. The van der Waals surface area contributed by atoms with Gasteiger partial charge in [-0.3, -0.25) is 4.79 Å². The van der Waals surface area contributed by atoms with Crippen LogP contribution in [-0.4, -0.2) is 12.9 Å². The molecule has 2 rings (SSSR count). The molecule has 19 heavy (non-hydrogen) atoms. The van der Waals surface area contributed by atoms with E-state index in [4.69, 9.17) is 22.1 Å². The minimum atomic E-state index is -0.656. The van der Waals surface area contributed by atoms with E-state index in [2.05, 4.69) is 0 Å². The predicted octanol–water partition coefficient (Wildman–Crippen LogP) is 3.30. The van der Waals surface area contributed by atoms with Gasteiger partial charge < -0.3 is 10.5 Å². The molecule has 2 N–H and O–H groups in total. The molecule has 5 heteroatoms. The number of carbonyl (C=O) groups excluding carboxylic acids is 1. The average molecular weight is 280 g/mol. The Balaban J connectivity index is 2.41. The highest BCUT2D eigenvalue weighted by atomic mass is 35.5. The zero-order chi connectivity index (χ0) is 14.0. The smallest absolute Gasteiger partial charge is 0.196 e. The van der Waals surface area contributed by atoms with Gasteiger partial charge in [-0.15, -0.1) is 0 Å². The van der Waals surface area contributed by atoms with Crippen LogP contribution in [-0.2, 0) is 0 Å². The molecule has 0 spiro atoms. The number of methoxy groups -OCH3 is 1. The molecule has 0 atom stereocenters. The number of ketones is 1. The largest absolute Gasteiger partial charge is 0.495 e. The van der Waals surface area contributed by atoms with Crippen LogP contribution in [0.5, 0.6) is 5.75 Å². The van der Waals surface area contributed by atoms with E-state index in [0.29, 0.717) is 10.8 Å². The van der Waals surface area contributed by atoms with Crippen LogP contribution in [0, 0.1) is 5.82 Å². The van der Waals surface area contributed by atoms with E-state index in [1.165, 1.54) is 31.4 Å². The maximum absolute atomic E-state index is 13.7. The van der Waals surface area contributed by atoms with Crippen molar-refractivity contribution in [3.63, 3.8) is 0 Å². The number of hydrogen-bond acceptors (Lipinski definition) is 3. The van der Waals surface area contributed by atoms with Gasteiger partial charge in [0.2, 0.25) is 0 Å². The first kappa shape index (κ1) is 13.4. The van der Waals surface area contributed by atoms with Gasteiger partial charge in [0, 0.05) is 11.3 Å². The van der Waals surface area contributed by atoms with Crippen molar-refractivity contribution in [1.82, 2.24) is 0 Å². The Bertz CT molecular complexity index is 643. The first-order valence-electron chi connectivity index (χ1n) is 5.46. The maximum Gasteiger partial charge on any atom is 0.196 e. The zero-order valence-electron chi connectivity index (χ0n) is 10.1. The summed E-state index contributed by atoms with van der Waals surface area (Å²) >= 11 is 5.94. The van der Waals surface area contributed by atoms with Crippen LogP contribution in [0.3, 0.4) is 0 Å². The topological polar surface area (TPSA) is 52.3 Å². The van der Waals surface area contributed by atoms with Crippen LogP contribution in [0.25, 0.3) is 0 Å². The van der Waals surface area contributed by atoms with Crippen LogP contribution in [0.15, 0.2) is 36.4 Å². The number of hydrogen-bond donors (Lipinski definition) is 1. The van der Waals surface area contributed by atoms with Gasteiger partial charge in [0.1, 0.15) is 11.6 Å². The quantitative estimate of drug-likeness (QED) is 0.693. The third-order valence-electron chi connectivity index (χ3n) is 2.65. The van der Waals surface area contributed by atoms with Gasteiger partial charge in [-0.1, -0.05) is 11.6 Å². The highest BCUT2D eigenvalue weighted by Gasteiger charge is 2.15. The summed E-state index contributed by atoms with van der Waals surface area (Å²) in [5.41, 5.74) is 5.95. The van der Waals surface area contributed by atoms with E-state index < -0.39 is 11.6 Å². The lowest BCUT2D eigenvalue weighted by Gasteiger charge is -2.06. The number of anilines is 1. The zero-order valence-corrected chi connectivity index (χ0v) is 10.9. The second kappa shape index (κ2) is 5.28. The number of benzene rings is 2. The summed E-state index contributed by atoms with van der Waals surface area (Å²) < 4.78 is 18.7. The van der Waals surface area contributed by atoms with Crippen molar-refractivity contribution in [3.05, 3.63) is 58.4 Å². The first-order valence-corrected chi connectivity index (χ1v) is 5.84. The highest BCUT2D eigenvalue weighted by Crippen LogP contribution is 2.26. The number of nitrogens with two attached hydrogens (primary N) is 1. The van der Waals surface area contributed by atoms with Crippen LogP contribution >= 0.6 is 11.6 Å². The van der Waals surface area contributed by atoms with Crippen LogP contribution in [0.2, 0.25) is 5.02 Å². The third kappa shape index (κ3) is 2.69. The summed E-state index contributed by atoms with van der Waals surface area (Å²) in [6.45, 7) is 0. The van der Waals surface area contributed by atoms with E-state index in [9.17, 15) is 9.18 Å². The fourth-order valence-corrected chi connectivity index (χ4v) is 1.94.